The van der Waals surface area contributed by atoms with E-state index in [1.54, 1.807) is 28.4 Å². The molecule has 284 valence electrons. The van der Waals surface area contributed by atoms with Crippen LogP contribution in [0.1, 0.15) is 77.0 Å². The first-order chi connectivity index (χ1) is 26.6. The molecule has 4 aliphatic rings. The van der Waals surface area contributed by atoms with E-state index in [0.717, 1.165) is 34.8 Å². The van der Waals surface area contributed by atoms with E-state index in [0.29, 0.717) is 23.2 Å². The molecular weight excluding hydrogens is 702 g/mol. The summed E-state index contributed by atoms with van der Waals surface area (Å²) >= 11 is 0. The van der Waals surface area contributed by atoms with Gasteiger partial charge in [0.05, 0.1) is 28.4 Å². The molecule has 0 aromatic heterocycles. The predicted octanol–water partition coefficient (Wildman–Crippen LogP) is 10.4. The fourth-order valence-electron chi connectivity index (χ4n) is 10.8. The normalized spacial score (nSPS) is 26.2. The molecule has 8 rings (SSSR count). The van der Waals surface area contributed by atoms with Gasteiger partial charge in [-0.3, -0.25) is 0 Å². The minimum absolute atomic E-state index is 0.517. The van der Waals surface area contributed by atoms with Gasteiger partial charge in [-0.1, -0.05) is 87.1 Å². The summed E-state index contributed by atoms with van der Waals surface area (Å²) in [5.74, 6) is 10.5. The fourth-order valence-corrected chi connectivity index (χ4v) is 16.8. The zero-order valence-electron chi connectivity index (χ0n) is 32.7. The van der Waals surface area contributed by atoms with Crippen LogP contribution in [0, 0.1) is 35.5 Å². The van der Waals surface area contributed by atoms with Crippen LogP contribution in [0.3, 0.4) is 0 Å². The molecule has 0 aliphatic heterocycles. The highest BCUT2D eigenvalue weighted by Gasteiger charge is 2.55. The maximum absolute atomic E-state index is 5.70. The lowest BCUT2D eigenvalue weighted by molar-refractivity contribution is 0.148. The van der Waals surface area contributed by atoms with Crippen molar-refractivity contribution in [1.82, 2.24) is 0 Å². The van der Waals surface area contributed by atoms with Gasteiger partial charge >= 0.3 is 0 Å². The Morgan fingerprint density at radius 2 is 0.630 bits per heavy atom. The van der Waals surface area contributed by atoms with Gasteiger partial charge in [-0.2, -0.15) is 0 Å². The number of methoxy groups -OCH3 is 4. The molecule has 0 heterocycles. The molecule has 2 radical (unpaired) electrons. The van der Waals surface area contributed by atoms with Gasteiger partial charge in [0.1, 0.15) is 23.0 Å². The molecule has 0 bridgehead atoms. The third kappa shape index (κ3) is 7.69. The molecule has 4 nitrogen and oxygen atoms in total. The molecule has 6 unspecified atom stereocenters. The van der Waals surface area contributed by atoms with Crippen molar-refractivity contribution < 1.29 is 18.9 Å². The Hall–Kier alpha value is -3.06. The summed E-state index contributed by atoms with van der Waals surface area (Å²) in [7, 11) is 5.76. The van der Waals surface area contributed by atoms with Crippen LogP contribution < -0.4 is 40.2 Å². The lowest BCUT2D eigenvalue weighted by Gasteiger charge is -2.58. The lowest BCUT2D eigenvalue weighted by atomic mass is 9.54. The largest absolute Gasteiger partial charge is 0.497 e. The molecule has 4 fully saturated rings. The maximum Gasteiger partial charge on any atom is 0.118 e. The SMILES string of the molecule is COc1ccc(P(c2ccc(OC)cc2)C2CCC3CCCCC3[C]2[C]2C3CCCCC3CCC2P(c2ccc(OC)cc2)c2ccc(OC)cc2)cc1. The highest BCUT2D eigenvalue weighted by Crippen LogP contribution is 2.66. The van der Waals surface area contributed by atoms with Crippen LogP contribution in [-0.4, -0.2) is 39.8 Å². The van der Waals surface area contributed by atoms with Crippen molar-refractivity contribution in [3.8, 4) is 23.0 Å². The molecule has 4 saturated carbocycles. The van der Waals surface area contributed by atoms with Gasteiger partial charge in [-0.25, -0.2) is 0 Å². The van der Waals surface area contributed by atoms with E-state index in [1.807, 2.05) is 11.8 Å². The van der Waals surface area contributed by atoms with Gasteiger partial charge in [-0.05, 0) is 171 Å². The monoisotopic (exact) mass is 760 g/mol. The fraction of sp³-hybridized carbons (Fsp3) is 0.458. The number of fused-ring (bicyclic) bond motifs is 2. The Morgan fingerprint density at radius 1 is 0.352 bits per heavy atom. The summed E-state index contributed by atoms with van der Waals surface area (Å²) in [4.78, 5) is 0. The highest BCUT2D eigenvalue weighted by molar-refractivity contribution is 7.74. The number of ether oxygens (including phenoxy) is 4. The van der Waals surface area contributed by atoms with Gasteiger partial charge in [0.15, 0.2) is 0 Å². The van der Waals surface area contributed by atoms with Gasteiger partial charge in [0, 0.05) is 0 Å². The molecule has 4 aliphatic carbocycles. The second-order valence-corrected chi connectivity index (χ2v) is 20.7. The van der Waals surface area contributed by atoms with E-state index in [-0.39, 0.29) is 0 Å². The predicted molar refractivity (Wildman–Crippen MR) is 228 cm³/mol. The molecule has 54 heavy (non-hydrogen) atoms. The van der Waals surface area contributed by atoms with Crippen LogP contribution in [-0.2, 0) is 0 Å². The summed E-state index contributed by atoms with van der Waals surface area (Å²) in [6.07, 6.45) is 16.2. The third-order valence-corrected chi connectivity index (χ3v) is 19.1. The summed E-state index contributed by atoms with van der Waals surface area (Å²) < 4.78 is 22.8. The van der Waals surface area contributed by atoms with E-state index in [2.05, 4.69) is 97.1 Å². The van der Waals surface area contributed by atoms with Gasteiger partial charge in [0.25, 0.3) is 0 Å². The minimum Gasteiger partial charge on any atom is -0.497 e. The van der Waals surface area contributed by atoms with Crippen molar-refractivity contribution in [3.63, 3.8) is 0 Å². The summed E-state index contributed by atoms with van der Waals surface area (Å²) in [5, 5.41) is 5.86. The first kappa shape index (κ1) is 37.8. The molecule has 6 heteroatoms. The maximum atomic E-state index is 5.70. The average molecular weight is 761 g/mol. The quantitative estimate of drug-likeness (QED) is 0.143. The van der Waals surface area contributed by atoms with Crippen LogP contribution in [0.2, 0.25) is 0 Å². The first-order valence-electron chi connectivity index (χ1n) is 20.5. The zero-order chi connectivity index (χ0) is 37.0. The van der Waals surface area contributed by atoms with Gasteiger partial charge in [-0.15, -0.1) is 0 Å². The second kappa shape index (κ2) is 17.4. The van der Waals surface area contributed by atoms with Crippen LogP contribution in [0.4, 0.5) is 0 Å². The summed E-state index contributed by atoms with van der Waals surface area (Å²) in [6, 6.07) is 36.6. The van der Waals surface area contributed by atoms with Crippen molar-refractivity contribution in [2.75, 3.05) is 28.4 Å². The third-order valence-electron chi connectivity index (χ3n) is 13.3. The van der Waals surface area contributed by atoms with Gasteiger partial charge in [0.2, 0.25) is 0 Å². The van der Waals surface area contributed by atoms with Crippen molar-refractivity contribution in [3.05, 3.63) is 109 Å². The molecule has 0 amide bonds. The Balaban J connectivity index is 1.30. The van der Waals surface area contributed by atoms with E-state index in [4.69, 9.17) is 18.9 Å². The first-order valence-corrected chi connectivity index (χ1v) is 23.3. The molecule has 0 N–H and O–H groups in total. The van der Waals surface area contributed by atoms with Crippen LogP contribution >= 0.6 is 15.8 Å². The molecule has 0 spiro atoms. The van der Waals surface area contributed by atoms with Crippen molar-refractivity contribution >= 4 is 37.1 Å². The smallest absolute Gasteiger partial charge is 0.118 e. The second-order valence-electron chi connectivity index (χ2n) is 15.9. The van der Waals surface area contributed by atoms with Crippen LogP contribution in [0.25, 0.3) is 0 Å². The number of benzene rings is 4. The zero-order valence-corrected chi connectivity index (χ0v) is 34.5. The van der Waals surface area contributed by atoms with Crippen molar-refractivity contribution in [1.29, 1.82) is 0 Å². The number of hydrogen-bond donors (Lipinski definition) is 0. The Morgan fingerprint density at radius 3 is 0.907 bits per heavy atom. The minimum atomic E-state index is -0.680. The van der Waals surface area contributed by atoms with Crippen molar-refractivity contribution in [2.24, 2.45) is 23.7 Å². The Labute approximate surface area is 327 Å². The Bertz CT molecular complexity index is 1550. The summed E-state index contributed by atoms with van der Waals surface area (Å²) in [6.45, 7) is 0. The highest BCUT2D eigenvalue weighted by atomic mass is 31.1. The number of rotatable bonds is 11. The Kier molecular flexibility index (Phi) is 12.2. The molecule has 4 aromatic rings. The molecule has 6 atom stereocenters. The van der Waals surface area contributed by atoms with Crippen molar-refractivity contribution in [2.45, 2.75) is 88.4 Å². The van der Waals surface area contributed by atoms with Gasteiger partial charge < -0.3 is 18.9 Å². The molecular formula is C48H58O4P2. The number of hydrogen-bond acceptors (Lipinski definition) is 4. The van der Waals surface area contributed by atoms with Crippen LogP contribution in [0.15, 0.2) is 97.1 Å². The topological polar surface area (TPSA) is 36.9 Å². The summed E-state index contributed by atoms with van der Waals surface area (Å²) in [5.41, 5.74) is 1.03. The van der Waals surface area contributed by atoms with E-state index >= 15 is 0 Å². The van der Waals surface area contributed by atoms with E-state index in [1.165, 1.54) is 98.3 Å². The molecule has 4 aromatic carbocycles. The van der Waals surface area contributed by atoms with E-state index in [9.17, 15) is 0 Å². The molecule has 0 saturated heterocycles. The van der Waals surface area contributed by atoms with E-state index < -0.39 is 15.8 Å². The van der Waals surface area contributed by atoms with Crippen LogP contribution in [0.5, 0.6) is 23.0 Å². The lowest BCUT2D eigenvalue weighted by Crippen LogP contribution is -2.51. The standard InChI is InChI=1S/C48H58O4P2/c1-49-35-15-23-39(24-16-35)53(40-25-17-36(50-2)18-26-40)45-31-13-33-9-5-7-11-43(33)47(45)48-44-12-8-6-10-34(44)14-32-46(48)54(41-27-19-37(51-3)20-28-41)42-29-21-38(52-4)22-30-42/h15-30,33-34,43-46H,5-14,31-32H2,1-4H3. The average Bonchev–Trinajstić information content (AvgIpc) is 3.24.